The molecule has 1 unspecified atom stereocenters. The number of allylic oxidation sites excluding steroid dienone is 1. The second-order valence-electron chi connectivity index (χ2n) is 7.42. The molecular formula is C25H36Cl2N2O. The molecule has 0 fully saturated rings. The molecule has 0 aliphatic heterocycles. The van der Waals surface area contributed by atoms with E-state index < -0.39 is 6.10 Å². The molecule has 0 saturated heterocycles. The summed E-state index contributed by atoms with van der Waals surface area (Å²) in [6.45, 7) is 15.3. The van der Waals surface area contributed by atoms with Crippen molar-refractivity contribution in [1.82, 2.24) is 9.55 Å². The number of hydrogen-bond donors (Lipinski definition) is 1. The minimum absolute atomic E-state index is 0.463. The molecule has 1 aromatic heterocycles. The summed E-state index contributed by atoms with van der Waals surface area (Å²) in [7, 11) is 0. The topological polar surface area (TPSA) is 38.0 Å². The minimum atomic E-state index is -0.463. The number of nitrogens with zero attached hydrogens (tertiary/aromatic N) is 2. The maximum Gasteiger partial charge on any atom is 0.106 e. The maximum atomic E-state index is 10.4. The molecule has 5 heteroatoms. The summed E-state index contributed by atoms with van der Waals surface area (Å²) in [5.74, 6) is 0.980. The molecule has 30 heavy (non-hydrogen) atoms. The number of aryl methyl sites for hydroxylation is 2. The largest absolute Gasteiger partial charge is 0.388 e. The molecule has 0 bridgehead atoms. The molecule has 0 aliphatic carbocycles. The lowest BCUT2D eigenvalue weighted by Crippen LogP contribution is -2.34. The highest BCUT2D eigenvalue weighted by Crippen LogP contribution is 2.19. The van der Waals surface area contributed by atoms with Gasteiger partial charge in [0.15, 0.2) is 0 Å². The van der Waals surface area contributed by atoms with Gasteiger partial charge in [-0.25, -0.2) is 4.98 Å². The van der Waals surface area contributed by atoms with Gasteiger partial charge in [-0.05, 0) is 50.8 Å². The third-order valence-electron chi connectivity index (χ3n) is 4.87. The van der Waals surface area contributed by atoms with Crippen molar-refractivity contribution in [3.05, 3.63) is 62.5 Å². The Morgan fingerprint density at radius 2 is 1.90 bits per heavy atom. The number of unbranched alkanes of at least 4 members (excludes halogenated alkanes) is 2. The molecule has 2 rings (SSSR count). The number of aliphatic hydroxyl groups excluding tert-OH is 1. The van der Waals surface area contributed by atoms with Crippen LogP contribution in [0.25, 0.3) is 12.2 Å². The Kier molecular flexibility index (Phi) is 12.1. The maximum absolute atomic E-state index is 10.4. The van der Waals surface area contributed by atoms with Gasteiger partial charge in [-0.2, -0.15) is 0 Å². The van der Waals surface area contributed by atoms with Crippen LogP contribution in [-0.2, 0) is 6.54 Å². The van der Waals surface area contributed by atoms with Gasteiger partial charge in [-0.15, -0.1) is 0 Å². The van der Waals surface area contributed by atoms with Crippen LogP contribution >= 0.6 is 23.2 Å². The first-order valence-electron chi connectivity index (χ1n) is 10.8. The summed E-state index contributed by atoms with van der Waals surface area (Å²) in [6.07, 6.45) is 8.81. The molecule has 1 atom stereocenters. The third-order valence-corrected chi connectivity index (χ3v) is 5.51. The Hall–Kier alpha value is -1.55. The molecule has 0 amide bonds. The summed E-state index contributed by atoms with van der Waals surface area (Å²) in [4.78, 5) is 4.52. The van der Waals surface area contributed by atoms with E-state index in [0.717, 1.165) is 64.9 Å². The van der Waals surface area contributed by atoms with E-state index in [4.69, 9.17) is 23.2 Å². The Labute approximate surface area is 191 Å². The van der Waals surface area contributed by atoms with Crippen LogP contribution in [0.1, 0.15) is 64.3 Å². The first kappa shape index (κ1) is 26.5. The zero-order valence-electron chi connectivity index (χ0n) is 19.0. The molecule has 1 N–H and O–H groups in total. The van der Waals surface area contributed by atoms with E-state index in [1.54, 1.807) is 6.07 Å². The molecule has 166 valence electrons. The zero-order valence-corrected chi connectivity index (χ0v) is 20.5. The van der Waals surface area contributed by atoms with Crippen molar-refractivity contribution in [2.45, 2.75) is 79.4 Å². The van der Waals surface area contributed by atoms with Crippen LogP contribution in [0.3, 0.4) is 0 Å². The number of rotatable bonds is 8. The van der Waals surface area contributed by atoms with Crippen LogP contribution in [-0.4, -0.2) is 20.8 Å². The van der Waals surface area contributed by atoms with Crippen molar-refractivity contribution in [2.75, 3.05) is 0 Å². The standard InChI is InChI=1S/C18H30N2O.C7H6Cl2/c1-6-9-11-12-16(17(21)8-3)18-14(4)19-15(5)20(18)13-10-7-2;1-5-2-3-6(8)4-7(5)9/h11-12,17,21H,4,6-10,13H2,1-3,5H3;2-4H,1H3/b12-11-,18-16-;. The lowest BCUT2D eigenvalue weighted by Gasteiger charge is -2.12. The van der Waals surface area contributed by atoms with Crippen LogP contribution in [0.4, 0.5) is 0 Å². The predicted molar refractivity (Wildman–Crippen MR) is 132 cm³/mol. The second kappa shape index (κ2) is 13.7. The van der Waals surface area contributed by atoms with E-state index in [1.807, 2.05) is 32.9 Å². The number of halogens is 2. The number of hydrogen-bond acceptors (Lipinski definition) is 2. The van der Waals surface area contributed by atoms with Crippen molar-refractivity contribution in [3.63, 3.8) is 0 Å². The van der Waals surface area contributed by atoms with E-state index >= 15 is 0 Å². The first-order chi connectivity index (χ1) is 14.3. The fourth-order valence-corrected chi connectivity index (χ4v) is 3.46. The molecule has 0 aliphatic rings. The van der Waals surface area contributed by atoms with Crippen molar-refractivity contribution < 1.29 is 5.11 Å². The van der Waals surface area contributed by atoms with Gasteiger partial charge in [0.2, 0.25) is 0 Å². The van der Waals surface area contributed by atoms with Gasteiger partial charge in [0.25, 0.3) is 0 Å². The van der Waals surface area contributed by atoms with Gasteiger partial charge in [0, 0.05) is 22.2 Å². The minimum Gasteiger partial charge on any atom is -0.388 e. The summed E-state index contributed by atoms with van der Waals surface area (Å²) in [5.41, 5.74) is 2.01. The van der Waals surface area contributed by atoms with Gasteiger partial charge in [0.1, 0.15) is 5.82 Å². The Morgan fingerprint density at radius 1 is 1.20 bits per heavy atom. The lowest BCUT2D eigenvalue weighted by molar-refractivity contribution is 0.227. The van der Waals surface area contributed by atoms with Gasteiger partial charge < -0.3 is 9.67 Å². The second-order valence-corrected chi connectivity index (χ2v) is 8.27. The normalized spacial score (nSPS) is 13.2. The third kappa shape index (κ3) is 7.94. The van der Waals surface area contributed by atoms with Gasteiger partial charge in [-0.3, -0.25) is 0 Å². The summed E-state index contributed by atoms with van der Waals surface area (Å²) >= 11 is 11.4. The zero-order chi connectivity index (χ0) is 22.7. The fourth-order valence-electron chi connectivity index (χ4n) is 3.05. The van der Waals surface area contributed by atoms with Crippen LogP contribution in [0.15, 0.2) is 30.4 Å². The molecule has 1 aromatic carbocycles. The Morgan fingerprint density at radius 3 is 2.43 bits per heavy atom. The number of aromatic nitrogens is 2. The molecule has 2 aromatic rings. The number of benzene rings is 1. The van der Waals surface area contributed by atoms with Crippen LogP contribution in [0.5, 0.6) is 0 Å². The molecular weight excluding hydrogens is 415 g/mol. The quantitative estimate of drug-likeness (QED) is 0.536. The van der Waals surface area contributed by atoms with E-state index in [0.29, 0.717) is 11.4 Å². The van der Waals surface area contributed by atoms with Gasteiger partial charge in [-0.1, -0.05) is 81.6 Å². The summed E-state index contributed by atoms with van der Waals surface area (Å²) in [5, 5.41) is 13.6. The van der Waals surface area contributed by atoms with Crippen LogP contribution in [0.2, 0.25) is 10.0 Å². The average Bonchev–Trinajstić information content (AvgIpc) is 2.99. The predicted octanol–water partition coefficient (Wildman–Crippen LogP) is 5.98. The Balaban J connectivity index is 0.000000414. The van der Waals surface area contributed by atoms with Crippen LogP contribution < -0.4 is 10.7 Å². The van der Waals surface area contributed by atoms with E-state index in [1.165, 1.54) is 0 Å². The van der Waals surface area contributed by atoms with Crippen molar-refractivity contribution in [2.24, 2.45) is 0 Å². The first-order valence-corrected chi connectivity index (χ1v) is 11.5. The highest BCUT2D eigenvalue weighted by atomic mass is 35.5. The number of aliphatic hydroxyl groups is 1. The Bertz CT molecular complexity index is 931. The van der Waals surface area contributed by atoms with Crippen molar-refractivity contribution in [1.29, 1.82) is 0 Å². The summed E-state index contributed by atoms with van der Waals surface area (Å²) < 4.78 is 2.20. The SMILES string of the molecule is C=c1nc(C)n(CCCC)/c1=C(/C=C\CCC)C(O)CC.Cc1ccc(Cl)cc1Cl. The smallest absolute Gasteiger partial charge is 0.106 e. The van der Waals surface area contributed by atoms with E-state index in [-0.39, 0.29) is 0 Å². The van der Waals surface area contributed by atoms with Gasteiger partial charge in [0.05, 0.1) is 16.8 Å². The van der Waals surface area contributed by atoms with Crippen LogP contribution in [0, 0.1) is 13.8 Å². The molecule has 0 spiro atoms. The number of imidazole rings is 1. The highest BCUT2D eigenvalue weighted by molar-refractivity contribution is 6.35. The molecule has 3 nitrogen and oxygen atoms in total. The lowest BCUT2D eigenvalue weighted by atomic mass is 10.1. The average molecular weight is 451 g/mol. The molecule has 1 heterocycles. The van der Waals surface area contributed by atoms with Crippen molar-refractivity contribution in [3.8, 4) is 0 Å². The molecule has 0 radical (unpaired) electrons. The van der Waals surface area contributed by atoms with Crippen molar-refractivity contribution >= 4 is 35.4 Å². The fraction of sp³-hybridized carbons (Fsp3) is 0.480. The van der Waals surface area contributed by atoms with Gasteiger partial charge >= 0.3 is 0 Å². The highest BCUT2D eigenvalue weighted by Gasteiger charge is 2.12. The van der Waals surface area contributed by atoms with E-state index in [2.05, 4.69) is 42.1 Å². The van der Waals surface area contributed by atoms with E-state index in [9.17, 15) is 5.11 Å². The summed E-state index contributed by atoms with van der Waals surface area (Å²) in [6, 6.07) is 5.45. The monoisotopic (exact) mass is 450 g/mol. The molecule has 0 saturated carbocycles.